The normalized spacial score (nSPS) is 21.2. The summed E-state index contributed by atoms with van der Waals surface area (Å²) in [6, 6.07) is 9.46. The Morgan fingerprint density at radius 1 is 1.30 bits per heavy atom. The molecule has 1 aromatic carbocycles. The Bertz CT molecular complexity index is 1070. The van der Waals surface area contributed by atoms with Crippen molar-refractivity contribution in [3.63, 3.8) is 0 Å². The number of anilines is 1. The van der Waals surface area contributed by atoms with E-state index < -0.39 is 30.1 Å². The SMILES string of the molecule is CCN(C)CCOC(=O)C1C(C)=Nc2nc3c(c(N)c2C1c1ccccc1)CC(F)(F)CC3. The minimum Gasteiger partial charge on any atom is -0.464 e. The van der Waals surface area contributed by atoms with E-state index in [9.17, 15) is 13.6 Å². The second-order valence-corrected chi connectivity index (χ2v) is 8.90. The Morgan fingerprint density at radius 3 is 2.73 bits per heavy atom. The number of alkyl halides is 2. The predicted octanol–water partition coefficient (Wildman–Crippen LogP) is 4.14. The van der Waals surface area contributed by atoms with Crippen LogP contribution in [0.2, 0.25) is 0 Å². The number of aliphatic imine (C=N–C) groups is 1. The van der Waals surface area contributed by atoms with Gasteiger partial charge in [-0.1, -0.05) is 37.3 Å². The first-order valence-electron chi connectivity index (χ1n) is 11.4. The van der Waals surface area contributed by atoms with E-state index >= 15 is 0 Å². The van der Waals surface area contributed by atoms with Gasteiger partial charge in [0.25, 0.3) is 5.92 Å². The second kappa shape index (κ2) is 9.17. The lowest BCUT2D eigenvalue weighted by Crippen LogP contribution is -2.36. The molecule has 2 aliphatic rings. The average molecular weight is 457 g/mol. The number of aryl methyl sites for hydroxylation is 1. The van der Waals surface area contributed by atoms with Gasteiger partial charge in [0.05, 0.1) is 0 Å². The molecule has 1 aliphatic carbocycles. The molecule has 4 rings (SSSR count). The predicted molar refractivity (Wildman–Crippen MR) is 124 cm³/mol. The molecule has 0 bridgehead atoms. The van der Waals surface area contributed by atoms with E-state index in [0.29, 0.717) is 34.9 Å². The maximum absolute atomic E-state index is 14.2. The van der Waals surface area contributed by atoms with Crippen molar-refractivity contribution in [2.24, 2.45) is 10.9 Å². The van der Waals surface area contributed by atoms with Crippen LogP contribution >= 0.6 is 0 Å². The van der Waals surface area contributed by atoms with Crippen molar-refractivity contribution in [3.8, 4) is 0 Å². The van der Waals surface area contributed by atoms with E-state index in [4.69, 9.17) is 10.5 Å². The van der Waals surface area contributed by atoms with Crippen molar-refractivity contribution in [2.75, 3.05) is 32.5 Å². The maximum Gasteiger partial charge on any atom is 0.315 e. The highest BCUT2D eigenvalue weighted by Gasteiger charge is 2.43. The summed E-state index contributed by atoms with van der Waals surface area (Å²) in [5.41, 5.74) is 9.71. The molecular formula is C25H30F2N4O2. The fraction of sp³-hybridized carbons (Fsp3) is 0.480. The number of hydrogen-bond donors (Lipinski definition) is 1. The van der Waals surface area contributed by atoms with Gasteiger partial charge in [0.2, 0.25) is 0 Å². The zero-order valence-corrected chi connectivity index (χ0v) is 19.3. The van der Waals surface area contributed by atoms with Crippen molar-refractivity contribution in [3.05, 3.63) is 52.7 Å². The number of hydrogen-bond acceptors (Lipinski definition) is 6. The van der Waals surface area contributed by atoms with Crippen LogP contribution in [0.4, 0.5) is 20.3 Å². The van der Waals surface area contributed by atoms with Crippen molar-refractivity contribution < 1.29 is 18.3 Å². The minimum absolute atomic E-state index is 0.154. The van der Waals surface area contributed by atoms with Crippen LogP contribution in [0.5, 0.6) is 0 Å². The van der Waals surface area contributed by atoms with Gasteiger partial charge in [0.15, 0.2) is 5.82 Å². The fourth-order valence-corrected chi connectivity index (χ4v) is 4.66. The molecule has 176 valence electrons. The highest BCUT2D eigenvalue weighted by Crippen LogP contribution is 2.48. The van der Waals surface area contributed by atoms with Crippen LogP contribution in [0.3, 0.4) is 0 Å². The first kappa shape index (κ1) is 23.3. The molecule has 1 aliphatic heterocycles. The molecule has 0 spiro atoms. The van der Waals surface area contributed by atoms with Gasteiger partial charge in [-0.15, -0.1) is 0 Å². The Labute approximate surface area is 192 Å². The summed E-state index contributed by atoms with van der Waals surface area (Å²) in [6.45, 7) is 5.53. The molecule has 2 N–H and O–H groups in total. The van der Waals surface area contributed by atoms with Crippen LogP contribution in [0.25, 0.3) is 0 Å². The van der Waals surface area contributed by atoms with Gasteiger partial charge in [-0.2, -0.15) is 0 Å². The lowest BCUT2D eigenvalue weighted by Gasteiger charge is -2.34. The van der Waals surface area contributed by atoms with Gasteiger partial charge in [-0.3, -0.25) is 4.79 Å². The van der Waals surface area contributed by atoms with Gasteiger partial charge in [0, 0.05) is 53.5 Å². The van der Waals surface area contributed by atoms with E-state index in [0.717, 1.165) is 12.1 Å². The minimum atomic E-state index is -2.82. The number of pyridine rings is 1. The zero-order chi connectivity index (χ0) is 23.8. The number of ether oxygens (including phenoxy) is 1. The van der Waals surface area contributed by atoms with Crippen LogP contribution in [-0.4, -0.2) is 54.2 Å². The summed E-state index contributed by atoms with van der Waals surface area (Å²) in [5, 5.41) is 0. The number of likely N-dealkylation sites (N-methyl/N-ethyl adjacent to an activating group) is 1. The van der Waals surface area contributed by atoms with Gasteiger partial charge in [-0.05, 0) is 32.5 Å². The molecule has 1 aromatic heterocycles. The summed E-state index contributed by atoms with van der Waals surface area (Å²) in [6.07, 6.45) is -0.547. The second-order valence-electron chi connectivity index (χ2n) is 8.90. The summed E-state index contributed by atoms with van der Waals surface area (Å²) in [4.78, 5) is 24.6. The topological polar surface area (TPSA) is 80.8 Å². The number of nitrogens with zero attached hydrogens (tertiary/aromatic N) is 3. The molecule has 0 saturated carbocycles. The third-order valence-corrected chi connectivity index (χ3v) is 6.65. The quantitative estimate of drug-likeness (QED) is 0.661. The Kier molecular flexibility index (Phi) is 6.47. The number of aromatic nitrogens is 1. The summed E-state index contributed by atoms with van der Waals surface area (Å²) in [7, 11) is 1.95. The van der Waals surface area contributed by atoms with Crippen LogP contribution in [-0.2, 0) is 22.4 Å². The third kappa shape index (κ3) is 4.62. The van der Waals surface area contributed by atoms with Gasteiger partial charge in [0.1, 0.15) is 12.5 Å². The molecule has 0 saturated heterocycles. The molecule has 0 radical (unpaired) electrons. The van der Waals surface area contributed by atoms with Crippen LogP contribution < -0.4 is 5.73 Å². The molecule has 0 amide bonds. The molecule has 33 heavy (non-hydrogen) atoms. The number of carbonyl (C=O) groups is 1. The van der Waals surface area contributed by atoms with E-state index in [1.54, 1.807) is 6.92 Å². The summed E-state index contributed by atoms with van der Waals surface area (Å²) >= 11 is 0. The number of carbonyl (C=O) groups excluding carboxylic acids is 1. The van der Waals surface area contributed by atoms with Crippen molar-refractivity contribution in [1.82, 2.24) is 9.88 Å². The van der Waals surface area contributed by atoms with Gasteiger partial charge < -0.3 is 15.4 Å². The van der Waals surface area contributed by atoms with E-state index in [1.807, 2.05) is 49.2 Å². The largest absolute Gasteiger partial charge is 0.464 e. The van der Waals surface area contributed by atoms with Crippen molar-refractivity contribution in [1.29, 1.82) is 0 Å². The zero-order valence-electron chi connectivity index (χ0n) is 19.3. The number of nitrogens with two attached hydrogens (primary N) is 1. The van der Waals surface area contributed by atoms with E-state index in [-0.39, 0.29) is 25.1 Å². The van der Waals surface area contributed by atoms with Crippen molar-refractivity contribution in [2.45, 2.75) is 45.0 Å². The monoisotopic (exact) mass is 456 g/mol. The molecule has 2 unspecified atom stereocenters. The van der Waals surface area contributed by atoms with Crippen LogP contribution in [0, 0.1) is 5.92 Å². The standard InChI is InChI=1S/C25H30F2N4O2/c1-4-31(3)12-13-33-24(32)19-15(2)29-23-21(20(19)16-8-6-5-7-9-16)22(28)17-14-25(26,27)11-10-18(17)30-23/h5-9,19-20H,4,10-14H2,1-3H3,(H2,28,30). The molecule has 2 heterocycles. The number of fused-ring (bicyclic) bond motifs is 2. The van der Waals surface area contributed by atoms with E-state index in [2.05, 4.69) is 9.98 Å². The number of halogens is 2. The highest BCUT2D eigenvalue weighted by atomic mass is 19.3. The summed E-state index contributed by atoms with van der Waals surface area (Å²) < 4.78 is 34.1. The Hall–Kier alpha value is -2.87. The average Bonchev–Trinajstić information content (AvgIpc) is 2.79. The first-order valence-corrected chi connectivity index (χ1v) is 11.4. The smallest absolute Gasteiger partial charge is 0.315 e. The van der Waals surface area contributed by atoms with Crippen molar-refractivity contribution >= 4 is 23.2 Å². The fourth-order valence-electron chi connectivity index (χ4n) is 4.66. The molecule has 2 atom stereocenters. The Balaban J connectivity index is 1.78. The number of esters is 1. The molecule has 6 nitrogen and oxygen atoms in total. The van der Waals surface area contributed by atoms with Crippen LogP contribution in [0.1, 0.15) is 48.6 Å². The third-order valence-electron chi connectivity index (χ3n) is 6.65. The Morgan fingerprint density at radius 2 is 2.03 bits per heavy atom. The van der Waals surface area contributed by atoms with E-state index in [1.165, 1.54) is 0 Å². The lowest BCUT2D eigenvalue weighted by atomic mass is 9.75. The number of benzene rings is 1. The molecule has 0 fully saturated rings. The van der Waals surface area contributed by atoms with Gasteiger partial charge in [-0.25, -0.2) is 18.8 Å². The van der Waals surface area contributed by atoms with Crippen LogP contribution in [0.15, 0.2) is 35.3 Å². The molecule has 2 aromatic rings. The number of rotatable bonds is 6. The lowest BCUT2D eigenvalue weighted by molar-refractivity contribution is -0.146. The summed E-state index contributed by atoms with van der Waals surface area (Å²) in [5.74, 6) is -4.03. The first-order chi connectivity index (χ1) is 15.7. The van der Waals surface area contributed by atoms with Gasteiger partial charge >= 0.3 is 5.97 Å². The number of nitrogen functional groups attached to an aromatic ring is 1. The highest BCUT2D eigenvalue weighted by molar-refractivity contribution is 6.05. The maximum atomic E-state index is 14.2. The molecule has 8 heteroatoms. The molecular weight excluding hydrogens is 426 g/mol.